The van der Waals surface area contributed by atoms with Crippen LogP contribution in [0, 0.1) is 5.41 Å². The lowest BCUT2D eigenvalue weighted by atomic mass is 9.71. The molecule has 0 aromatic carbocycles. The SMILES string of the molecule is CC1=C(/C=C/C(C)=C/C=C/C(C)=C/C(=O)NC2CCCCC2)C(C)(C)CCC1n1ccnc1. The van der Waals surface area contributed by atoms with E-state index in [1.54, 1.807) is 6.08 Å². The Morgan fingerprint density at radius 2 is 1.88 bits per heavy atom. The second-order valence-electron chi connectivity index (χ2n) is 10.4. The van der Waals surface area contributed by atoms with Gasteiger partial charge in [-0.3, -0.25) is 4.79 Å². The van der Waals surface area contributed by atoms with Crippen LogP contribution in [0.3, 0.4) is 0 Å². The third-order valence-corrected chi connectivity index (χ3v) is 7.12. The van der Waals surface area contributed by atoms with Crippen molar-refractivity contribution in [1.29, 1.82) is 0 Å². The van der Waals surface area contributed by atoms with Gasteiger partial charge in [0.2, 0.25) is 5.91 Å². The van der Waals surface area contributed by atoms with Crippen LogP contribution in [0.1, 0.15) is 85.6 Å². The Morgan fingerprint density at radius 3 is 2.58 bits per heavy atom. The highest BCUT2D eigenvalue weighted by atomic mass is 16.1. The lowest BCUT2D eigenvalue weighted by Crippen LogP contribution is -2.35. The van der Waals surface area contributed by atoms with E-state index in [4.69, 9.17) is 0 Å². The standard InChI is InChI=1S/C29H41N3O/c1-22(10-9-11-23(2)20-28(33)31-25-12-7-6-8-13-25)14-15-26-24(3)27(16-17-29(26,4)5)32-19-18-30-21-32/h9-11,14-15,18-21,25,27H,6-8,12-13,16-17H2,1-5H3,(H,31,33)/b11-9+,15-14+,22-10+,23-20+. The van der Waals surface area contributed by atoms with Crippen LogP contribution in [-0.2, 0) is 4.79 Å². The molecule has 1 atom stereocenters. The predicted octanol–water partition coefficient (Wildman–Crippen LogP) is 7.01. The quantitative estimate of drug-likeness (QED) is 0.361. The van der Waals surface area contributed by atoms with Crippen molar-refractivity contribution in [3.05, 3.63) is 77.5 Å². The number of imidazole rings is 1. The average Bonchev–Trinajstić information content (AvgIpc) is 3.28. The molecule has 178 valence electrons. The molecule has 33 heavy (non-hydrogen) atoms. The van der Waals surface area contributed by atoms with Crippen LogP contribution in [0.25, 0.3) is 0 Å². The number of nitrogens with one attached hydrogen (secondary N) is 1. The summed E-state index contributed by atoms with van der Waals surface area (Å²) in [5, 5.41) is 3.14. The van der Waals surface area contributed by atoms with Crippen molar-refractivity contribution in [3.8, 4) is 0 Å². The molecule has 1 amide bonds. The first-order chi connectivity index (χ1) is 15.8. The van der Waals surface area contributed by atoms with E-state index in [2.05, 4.69) is 67.0 Å². The maximum atomic E-state index is 12.2. The molecule has 0 saturated heterocycles. The fourth-order valence-corrected chi connectivity index (χ4v) is 5.11. The summed E-state index contributed by atoms with van der Waals surface area (Å²) in [7, 11) is 0. The number of nitrogens with zero attached hydrogens (tertiary/aromatic N) is 2. The molecule has 1 N–H and O–H groups in total. The third-order valence-electron chi connectivity index (χ3n) is 7.12. The van der Waals surface area contributed by atoms with E-state index in [1.807, 2.05) is 31.6 Å². The molecule has 1 unspecified atom stereocenters. The average molecular weight is 448 g/mol. The molecule has 0 spiro atoms. The number of hydrogen-bond acceptors (Lipinski definition) is 2. The number of rotatable bonds is 7. The van der Waals surface area contributed by atoms with Crippen LogP contribution in [0.2, 0.25) is 0 Å². The van der Waals surface area contributed by atoms with Gasteiger partial charge in [-0.1, -0.05) is 69.1 Å². The highest BCUT2D eigenvalue weighted by Gasteiger charge is 2.32. The van der Waals surface area contributed by atoms with Crippen molar-refractivity contribution >= 4 is 5.91 Å². The second kappa shape index (κ2) is 11.5. The van der Waals surface area contributed by atoms with Crippen LogP contribution in [0.4, 0.5) is 0 Å². The van der Waals surface area contributed by atoms with Crippen molar-refractivity contribution in [2.45, 2.75) is 91.6 Å². The predicted molar refractivity (Wildman–Crippen MR) is 138 cm³/mol. The van der Waals surface area contributed by atoms with E-state index >= 15 is 0 Å². The molecule has 0 aliphatic heterocycles. The normalized spacial score (nSPS) is 23.0. The number of carbonyl (C=O) groups excluding carboxylic acids is 1. The first kappa shape index (κ1) is 25.0. The van der Waals surface area contributed by atoms with Gasteiger partial charge in [0.1, 0.15) is 0 Å². The van der Waals surface area contributed by atoms with Gasteiger partial charge in [0.25, 0.3) is 0 Å². The second-order valence-corrected chi connectivity index (χ2v) is 10.4. The molecular weight excluding hydrogens is 406 g/mol. The summed E-state index contributed by atoms with van der Waals surface area (Å²) < 4.78 is 2.23. The van der Waals surface area contributed by atoms with E-state index < -0.39 is 0 Å². The van der Waals surface area contributed by atoms with Gasteiger partial charge < -0.3 is 9.88 Å². The Morgan fingerprint density at radius 1 is 1.12 bits per heavy atom. The zero-order valence-corrected chi connectivity index (χ0v) is 21.1. The van der Waals surface area contributed by atoms with Crippen LogP contribution in [0.5, 0.6) is 0 Å². The molecule has 1 saturated carbocycles. The summed E-state index contributed by atoms with van der Waals surface area (Å²) >= 11 is 0. The Hall–Kier alpha value is -2.62. The number of aromatic nitrogens is 2. The molecule has 0 radical (unpaired) electrons. The van der Waals surface area contributed by atoms with Gasteiger partial charge in [-0.15, -0.1) is 0 Å². The maximum Gasteiger partial charge on any atom is 0.244 e. The van der Waals surface area contributed by atoms with Crippen molar-refractivity contribution in [3.63, 3.8) is 0 Å². The number of allylic oxidation sites excluding steroid dienone is 9. The topological polar surface area (TPSA) is 46.9 Å². The lowest BCUT2D eigenvalue weighted by molar-refractivity contribution is -0.117. The molecule has 2 aliphatic carbocycles. The van der Waals surface area contributed by atoms with Crippen molar-refractivity contribution in [2.75, 3.05) is 0 Å². The van der Waals surface area contributed by atoms with E-state index in [0.717, 1.165) is 31.3 Å². The van der Waals surface area contributed by atoms with E-state index in [0.29, 0.717) is 12.1 Å². The smallest absolute Gasteiger partial charge is 0.244 e. The number of carbonyl (C=O) groups is 1. The number of amides is 1. The van der Waals surface area contributed by atoms with Gasteiger partial charge in [-0.05, 0) is 68.6 Å². The van der Waals surface area contributed by atoms with Crippen LogP contribution >= 0.6 is 0 Å². The highest BCUT2D eigenvalue weighted by Crippen LogP contribution is 2.45. The van der Waals surface area contributed by atoms with Crippen molar-refractivity contribution < 1.29 is 4.79 Å². The van der Waals surface area contributed by atoms with Gasteiger partial charge in [0.15, 0.2) is 0 Å². The molecule has 1 aromatic heterocycles. The Kier molecular flexibility index (Phi) is 8.71. The van der Waals surface area contributed by atoms with Crippen LogP contribution in [0.15, 0.2) is 77.5 Å². The van der Waals surface area contributed by atoms with Gasteiger partial charge in [0, 0.05) is 24.5 Å². The summed E-state index contributed by atoms with van der Waals surface area (Å²) in [4.78, 5) is 16.5. The molecule has 1 fully saturated rings. The van der Waals surface area contributed by atoms with Gasteiger partial charge in [-0.2, -0.15) is 0 Å². The Labute approximate surface area is 200 Å². The first-order valence-electron chi connectivity index (χ1n) is 12.5. The van der Waals surface area contributed by atoms with Crippen LogP contribution < -0.4 is 5.32 Å². The summed E-state index contributed by atoms with van der Waals surface area (Å²) in [6.07, 6.45) is 26.4. The Bertz CT molecular complexity index is 951. The molecule has 3 rings (SSSR count). The monoisotopic (exact) mass is 447 g/mol. The summed E-state index contributed by atoms with van der Waals surface area (Å²) in [6, 6.07) is 0.735. The molecule has 0 bridgehead atoms. The minimum Gasteiger partial charge on any atom is -0.350 e. The van der Waals surface area contributed by atoms with Gasteiger partial charge >= 0.3 is 0 Å². The van der Waals surface area contributed by atoms with Gasteiger partial charge in [-0.25, -0.2) is 4.98 Å². The summed E-state index contributed by atoms with van der Waals surface area (Å²) in [5.41, 5.74) is 5.16. The zero-order valence-electron chi connectivity index (χ0n) is 21.1. The van der Waals surface area contributed by atoms with Gasteiger partial charge in [0.05, 0.1) is 12.4 Å². The van der Waals surface area contributed by atoms with Crippen LogP contribution in [-0.4, -0.2) is 21.5 Å². The summed E-state index contributed by atoms with van der Waals surface area (Å²) in [6.45, 7) is 11.0. The number of hydrogen-bond donors (Lipinski definition) is 1. The fourth-order valence-electron chi connectivity index (χ4n) is 5.11. The maximum absolute atomic E-state index is 12.2. The molecule has 4 heteroatoms. The molecule has 4 nitrogen and oxygen atoms in total. The molecule has 1 aromatic rings. The lowest BCUT2D eigenvalue weighted by Gasteiger charge is -2.37. The molecule has 1 heterocycles. The van der Waals surface area contributed by atoms with E-state index in [-0.39, 0.29) is 11.3 Å². The Balaban J connectivity index is 1.62. The highest BCUT2D eigenvalue weighted by molar-refractivity contribution is 5.88. The zero-order chi connectivity index (χ0) is 23.8. The summed E-state index contributed by atoms with van der Waals surface area (Å²) in [5.74, 6) is 0.0269. The first-order valence-corrected chi connectivity index (χ1v) is 12.5. The largest absolute Gasteiger partial charge is 0.350 e. The fraction of sp³-hybridized carbons (Fsp3) is 0.517. The van der Waals surface area contributed by atoms with E-state index in [9.17, 15) is 4.79 Å². The molecular formula is C29H41N3O. The molecule has 2 aliphatic rings. The van der Waals surface area contributed by atoms with E-state index in [1.165, 1.54) is 36.0 Å². The third kappa shape index (κ3) is 7.18. The minimum absolute atomic E-state index is 0.0269. The van der Waals surface area contributed by atoms with Crippen molar-refractivity contribution in [1.82, 2.24) is 14.9 Å². The van der Waals surface area contributed by atoms with Crippen molar-refractivity contribution in [2.24, 2.45) is 5.41 Å². The minimum atomic E-state index is 0.0269.